The lowest BCUT2D eigenvalue weighted by atomic mass is 10.2. The van der Waals surface area contributed by atoms with E-state index in [0.717, 1.165) is 30.3 Å². The van der Waals surface area contributed by atoms with Gasteiger partial charge in [0, 0.05) is 0 Å². The summed E-state index contributed by atoms with van der Waals surface area (Å²) in [7, 11) is 0.570. The van der Waals surface area contributed by atoms with E-state index in [0.29, 0.717) is 19.2 Å². The number of methoxy groups -OCH3 is 1. The van der Waals surface area contributed by atoms with Gasteiger partial charge in [0.25, 0.3) is 0 Å². The Morgan fingerprint density at radius 1 is 0.969 bits per heavy atom. The summed E-state index contributed by atoms with van der Waals surface area (Å²) >= 11 is 5.70. The van der Waals surface area contributed by atoms with Gasteiger partial charge in [-0.25, -0.2) is 14.0 Å². The zero-order valence-electron chi connectivity index (χ0n) is 15.7. The molecule has 174 valence electrons. The molecular weight excluding hydrogens is 477 g/mol. The molecule has 0 aromatic heterocycles. The van der Waals surface area contributed by atoms with Gasteiger partial charge in [0.15, 0.2) is 0 Å². The van der Waals surface area contributed by atoms with Crippen LogP contribution in [-0.2, 0) is 15.7 Å². The first-order valence-corrected chi connectivity index (χ1v) is 8.63. The number of esters is 1. The molecule has 32 heavy (non-hydrogen) atoms. The Hall–Kier alpha value is -3.22. The van der Waals surface area contributed by atoms with Crippen LogP contribution in [-0.4, -0.2) is 31.0 Å². The molecule has 2 N–H and O–H groups in total. The highest BCUT2D eigenvalue weighted by molar-refractivity contribution is 6.33. The highest BCUT2D eigenvalue weighted by atomic mass is 35.5. The summed E-state index contributed by atoms with van der Waals surface area (Å²) in [5.74, 6) is -3.65. The van der Waals surface area contributed by atoms with Gasteiger partial charge in [0.1, 0.15) is 11.6 Å². The van der Waals surface area contributed by atoms with Gasteiger partial charge in [0.2, 0.25) is 0 Å². The molecule has 0 unspecified atom stereocenters. The number of halogens is 8. The molecule has 1 atom stereocenters. The predicted octanol–water partition coefficient (Wildman–Crippen LogP) is 5.13. The zero-order chi connectivity index (χ0) is 24.3. The van der Waals surface area contributed by atoms with Gasteiger partial charge < -0.3 is 14.8 Å². The number of rotatable bonds is 5. The van der Waals surface area contributed by atoms with Crippen molar-refractivity contribution in [1.29, 1.82) is 0 Å². The molecule has 0 aliphatic heterocycles. The zero-order valence-corrected chi connectivity index (χ0v) is 16.5. The van der Waals surface area contributed by atoms with Crippen LogP contribution in [0.3, 0.4) is 0 Å². The van der Waals surface area contributed by atoms with Crippen molar-refractivity contribution in [3.63, 3.8) is 0 Å². The van der Waals surface area contributed by atoms with Crippen molar-refractivity contribution in [2.24, 2.45) is 0 Å². The lowest BCUT2D eigenvalue weighted by Gasteiger charge is -2.33. The predicted molar refractivity (Wildman–Crippen MR) is 96.4 cm³/mol. The fourth-order valence-corrected chi connectivity index (χ4v) is 2.46. The van der Waals surface area contributed by atoms with Crippen molar-refractivity contribution >= 4 is 29.3 Å². The van der Waals surface area contributed by atoms with Crippen LogP contribution in [0.25, 0.3) is 0 Å². The van der Waals surface area contributed by atoms with E-state index in [4.69, 9.17) is 11.6 Å². The van der Waals surface area contributed by atoms with Crippen LogP contribution >= 0.6 is 11.6 Å². The quantitative estimate of drug-likeness (QED) is 0.347. The number of benzene rings is 2. The van der Waals surface area contributed by atoms with E-state index >= 15 is 0 Å². The molecule has 0 saturated heterocycles. The Kier molecular flexibility index (Phi) is 7.13. The van der Waals surface area contributed by atoms with E-state index in [9.17, 15) is 40.3 Å². The van der Waals surface area contributed by atoms with Crippen molar-refractivity contribution in [3.05, 3.63) is 58.9 Å². The largest absolute Gasteiger partial charge is 0.464 e. The van der Waals surface area contributed by atoms with Crippen LogP contribution < -0.4 is 15.4 Å². The van der Waals surface area contributed by atoms with Crippen LogP contribution in [0, 0.1) is 5.82 Å². The normalized spacial score (nSPS) is 13.7. The summed E-state index contributed by atoms with van der Waals surface area (Å²) in [5.41, 5.74) is -6.10. The first-order chi connectivity index (χ1) is 14.7. The number of nitrogens with one attached hydrogen (secondary N) is 2. The molecule has 6 nitrogen and oxygen atoms in total. The van der Waals surface area contributed by atoms with Crippen molar-refractivity contribution in [2.75, 3.05) is 12.4 Å². The van der Waals surface area contributed by atoms with E-state index in [1.807, 2.05) is 0 Å². The summed E-state index contributed by atoms with van der Waals surface area (Å²) in [6.45, 7) is 0. The average molecular weight is 489 g/mol. The number of anilines is 1. The van der Waals surface area contributed by atoms with E-state index in [2.05, 4.69) is 9.47 Å². The molecule has 2 rings (SSSR count). The summed E-state index contributed by atoms with van der Waals surface area (Å²) in [5, 5.41) is 2.47. The molecule has 0 aliphatic rings. The Bertz CT molecular complexity index is 996. The second-order valence-corrected chi connectivity index (χ2v) is 6.41. The van der Waals surface area contributed by atoms with Crippen molar-refractivity contribution < 1.29 is 49.8 Å². The SMILES string of the molecule is COC(=O)[C@](NC(=O)Nc1cc(C(F)(F)F)ccc1Cl)(Oc1ccc(F)cc1)C(F)(F)F. The van der Waals surface area contributed by atoms with Gasteiger partial charge in [-0.05, 0) is 42.5 Å². The third kappa shape index (κ3) is 5.52. The molecule has 0 aliphatic carbocycles. The Balaban J connectivity index is 2.42. The lowest BCUT2D eigenvalue weighted by Crippen LogP contribution is -2.68. The van der Waals surface area contributed by atoms with Crippen LogP contribution in [0.1, 0.15) is 5.56 Å². The maximum absolute atomic E-state index is 13.9. The van der Waals surface area contributed by atoms with Crippen LogP contribution in [0.2, 0.25) is 5.02 Å². The minimum Gasteiger partial charge on any atom is -0.464 e. The third-order valence-electron chi connectivity index (χ3n) is 3.79. The first-order valence-electron chi connectivity index (χ1n) is 8.25. The molecule has 0 radical (unpaired) electrons. The molecule has 0 fully saturated rings. The van der Waals surface area contributed by atoms with E-state index in [1.54, 1.807) is 5.32 Å². The minimum absolute atomic E-state index is 0.371. The maximum Gasteiger partial charge on any atom is 0.460 e. The Labute approximate surface area is 180 Å². The molecule has 0 heterocycles. The summed E-state index contributed by atoms with van der Waals surface area (Å²) in [4.78, 5) is 24.3. The van der Waals surface area contributed by atoms with E-state index in [-0.39, 0.29) is 0 Å². The van der Waals surface area contributed by atoms with Gasteiger partial charge in [-0.1, -0.05) is 11.6 Å². The lowest BCUT2D eigenvalue weighted by molar-refractivity contribution is -0.258. The number of amides is 2. The smallest absolute Gasteiger partial charge is 0.460 e. The fourth-order valence-electron chi connectivity index (χ4n) is 2.30. The maximum atomic E-state index is 13.9. The van der Waals surface area contributed by atoms with Crippen LogP contribution in [0.5, 0.6) is 5.75 Å². The second kappa shape index (κ2) is 9.10. The highest BCUT2D eigenvalue weighted by Gasteiger charge is 2.66. The molecule has 2 amide bonds. The first kappa shape index (κ1) is 25.0. The topological polar surface area (TPSA) is 76.7 Å². The van der Waals surface area contributed by atoms with Gasteiger partial charge in [-0.15, -0.1) is 0 Å². The molecule has 2 aromatic carbocycles. The monoisotopic (exact) mass is 488 g/mol. The highest BCUT2D eigenvalue weighted by Crippen LogP contribution is 2.36. The fraction of sp³-hybridized carbons (Fsp3) is 0.222. The van der Waals surface area contributed by atoms with Crippen molar-refractivity contribution in [2.45, 2.75) is 18.1 Å². The summed E-state index contributed by atoms with van der Waals surface area (Å²) < 4.78 is 102. The van der Waals surface area contributed by atoms with Gasteiger partial charge in [-0.2, -0.15) is 26.3 Å². The number of ether oxygens (including phenoxy) is 2. The standard InChI is InChI=1S/C18H12ClF7N2O4/c1-31-14(29)16(18(24,25)26,32-11-5-3-10(20)4-6-11)28-15(30)27-13-8-9(17(21,22)23)2-7-12(13)19/h2-8H,1H3,(H2,27,28,30)/t16-/m0/s1. The number of alkyl halides is 6. The molecule has 0 spiro atoms. The number of hydrogen-bond acceptors (Lipinski definition) is 4. The average Bonchev–Trinajstić information content (AvgIpc) is 2.68. The molecule has 0 bridgehead atoms. The second-order valence-electron chi connectivity index (χ2n) is 6.00. The van der Waals surface area contributed by atoms with Crippen LogP contribution in [0.15, 0.2) is 42.5 Å². The molecular formula is C18H12ClF7N2O4. The van der Waals surface area contributed by atoms with Gasteiger partial charge in [-0.3, -0.25) is 5.32 Å². The minimum atomic E-state index is -5.64. The molecule has 0 saturated carbocycles. The Morgan fingerprint density at radius 3 is 2.06 bits per heavy atom. The summed E-state index contributed by atoms with van der Waals surface area (Å²) in [6, 6.07) is 2.81. The Morgan fingerprint density at radius 2 is 1.56 bits per heavy atom. The van der Waals surface area contributed by atoms with Crippen molar-refractivity contribution in [1.82, 2.24) is 5.32 Å². The molecule has 2 aromatic rings. The summed E-state index contributed by atoms with van der Waals surface area (Å²) in [6.07, 6.45) is -10.5. The van der Waals surface area contributed by atoms with Gasteiger partial charge in [0.05, 0.1) is 23.4 Å². The van der Waals surface area contributed by atoms with Crippen LogP contribution in [0.4, 0.5) is 41.2 Å². The number of carbonyl (C=O) groups excluding carboxylic acids is 2. The third-order valence-corrected chi connectivity index (χ3v) is 4.12. The molecule has 14 heteroatoms. The van der Waals surface area contributed by atoms with E-state index in [1.165, 1.54) is 5.32 Å². The van der Waals surface area contributed by atoms with Gasteiger partial charge >= 0.3 is 30.1 Å². The number of hydrogen-bond donors (Lipinski definition) is 2. The van der Waals surface area contributed by atoms with E-state index < -0.39 is 57.9 Å². The number of urea groups is 1. The number of carbonyl (C=O) groups is 2. The van der Waals surface area contributed by atoms with Crippen molar-refractivity contribution in [3.8, 4) is 5.75 Å².